The lowest BCUT2D eigenvalue weighted by Crippen LogP contribution is -2.47. The Bertz CT molecular complexity index is 213. The van der Waals surface area contributed by atoms with Crippen molar-refractivity contribution in [3.8, 4) is 0 Å². The van der Waals surface area contributed by atoms with E-state index in [1.807, 2.05) is 0 Å². The van der Waals surface area contributed by atoms with Gasteiger partial charge in [-0.15, -0.1) is 0 Å². The summed E-state index contributed by atoms with van der Waals surface area (Å²) in [6, 6.07) is 0. The van der Waals surface area contributed by atoms with Crippen molar-refractivity contribution in [3.05, 3.63) is 0 Å². The summed E-state index contributed by atoms with van der Waals surface area (Å²) in [5.74, 6) is 3.20. The smallest absolute Gasteiger partial charge is 0.0237 e. The van der Waals surface area contributed by atoms with Crippen molar-refractivity contribution < 1.29 is 0 Å². The third-order valence-corrected chi connectivity index (χ3v) is 5.22. The van der Waals surface area contributed by atoms with Crippen molar-refractivity contribution in [3.63, 3.8) is 0 Å². The van der Waals surface area contributed by atoms with Gasteiger partial charge in [0.1, 0.15) is 0 Å². The summed E-state index contributed by atoms with van der Waals surface area (Å²) in [7, 11) is 2.33. The third-order valence-electron chi connectivity index (χ3n) is 5.22. The van der Waals surface area contributed by atoms with Crippen LogP contribution in [-0.4, -0.2) is 24.0 Å². The van der Waals surface area contributed by atoms with Crippen LogP contribution in [0.25, 0.3) is 0 Å². The molecule has 1 saturated heterocycles. The summed E-state index contributed by atoms with van der Waals surface area (Å²) in [4.78, 5) is 2.64. The Balaban J connectivity index is 2.01. The van der Waals surface area contributed by atoms with Gasteiger partial charge in [0.25, 0.3) is 0 Å². The van der Waals surface area contributed by atoms with Gasteiger partial charge in [-0.25, -0.2) is 0 Å². The minimum absolute atomic E-state index is 0.614. The second-order valence-corrected chi connectivity index (χ2v) is 5.31. The van der Waals surface area contributed by atoms with Gasteiger partial charge in [-0.05, 0) is 64.0 Å². The van der Waals surface area contributed by atoms with Crippen LogP contribution in [-0.2, 0) is 0 Å². The first kappa shape index (κ1) is 7.37. The Labute approximate surface area is 75.1 Å². The fourth-order valence-electron chi connectivity index (χ4n) is 4.39. The highest BCUT2D eigenvalue weighted by Gasteiger charge is 2.59. The van der Waals surface area contributed by atoms with Crippen LogP contribution in [0.3, 0.4) is 0 Å². The molecule has 4 unspecified atom stereocenters. The molecule has 3 rings (SSSR count). The van der Waals surface area contributed by atoms with Gasteiger partial charge in [-0.2, -0.15) is 0 Å². The minimum atomic E-state index is 0.614. The van der Waals surface area contributed by atoms with Crippen molar-refractivity contribution in [2.45, 2.75) is 38.1 Å². The zero-order chi connectivity index (χ0) is 8.34. The first-order chi connectivity index (χ1) is 5.73. The lowest BCUT2D eigenvalue weighted by molar-refractivity contribution is 0.0891. The highest BCUT2D eigenvalue weighted by atomic mass is 15.2. The van der Waals surface area contributed by atoms with Gasteiger partial charge >= 0.3 is 0 Å². The molecule has 2 saturated carbocycles. The second-order valence-electron chi connectivity index (χ2n) is 5.31. The lowest BCUT2D eigenvalue weighted by atomic mass is 9.75. The van der Waals surface area contributed by atoms with Gasteiger partial charge in [0.15, 0.2) is 0 Å². The molecule has 0 aromatic rings. The number of hydrogen-bond acceptors (Lipinski definition) is 1. The average Bonchev–Trinajstić information content (AvgIpc) is 2.65. The van der Waals surface area contributed by atoms with Crippen molar-refractivity contribution in [1.29, 1.82) is 0 Å². The molecule has 1 heterocycles. The molecule has 0 spiro atoms. The monoisotopic (exact) mass is 165 g/mol. The Hall–Kier alpha value is -0.0400. The largest absolute Gasteiger partial charge is 0.300 e. The van der Waals surface area contributed by atoms with E-state index in [1.165, 1.54) is 19.4 Å². The summed E-state index contributed by atoms with van der Waals surface area (Å²) < 4.78 is 0. The molecule has 4 atom stereocenters. The zero-order valence-electron chi connectivity index (χ0n) is 8.21. The topological polar surface area (TPSA) is 3.24 Å². The molecule has 3 fully saturated rings. The van der Waals surface area contributed by atoms with E-state index in [4.69, 9.17) is 0 Å². The van der Waals surface area contributed by atoms with E-state index in [0.717, 1.165) is 17.8 Å². The predicted octanol–water partition coefficient (Wildman–Crippen LogP) is 2.13. The first-order valence-electron chi connectivity index (χ1n) is 5.44. The predicted molar refractivity (Wildman–Crippen MR) is 50.0 cm³/mol. The Morgan fingerprint density at radius 1 is 1.25 bits per heavy atom. The van der Waals surface area contributed by atoms with Crippen LogP contribution < -0.4 is 0 Å². The van der Waals surface area contributed by atoms with Gasteiger partial charge in [-0.1, -0.05) is 0 Å². The molecular weight excluding hydrogens is 146 g/mol. The third kappa shape index (κ3) is 0.618. The summed E-state index contributed by atoms with van der Waals surface area (Å²) in [6.07, 6.45) is 6.08. The summed E-state index contributed by atoms with van der Waals surface area (Å²) in [5, 5.41) is 0. The van der Waals surface area contributed by atoms with Crippen molar-refractivity contribution >= 4 is 0 Å². The van der Waals surface area contributed by atoms with Crippen molar-refractivity contribution in [2.24, 2.45) is 17.8 Å². The van der Waals surface area contributed by atoms with E-state index in [0.29, 0.717) is 5.54 Å². The van der Waals surface area contributed by atoms with E-state index in [9.17, 15) is 0 Å². The van der Waals surface area contributed by atoms with E-state index in [-0.39, 0.29) is 0 Å². The molecule has 1 heteroatoms. The maximum atomic E-state index is 2.64. The van der Waals surface area contributed by atoms with Crippen LogP contribution in [0.5, 0.6) is 0 Å². The van der Waals surface area contributed by atoms with Gasteiger partial charge in [-0.3, -0.25) is 0 Å². The Morgan fingerprint density at radius 2 is 2.08 bits per heavy atom. The molecule has 12 heavy (non-hydrogen) atoms. The first-order valence-corrected chi connectivity index (χ1v) is 5.44. The van der Waals surface area contributed by atoms with E-state index >= 15 is 0 Å². The molecule has 2 bridgehead atoms. The van der Waals surface area contributed by atoms with Gasteiger partial charge in [0.2, 0.25) is 0 Å². The molecule has 68 valence electrons. The van der Waals surface area contributed by atoms with Crippen LogP contribution >= 0.6 is 0 Å². The van der Waals surface area contributed by atoms with E-state index in [2.05, 4.69) is 18.9 Å². The maximum Gasteiger partial charge on any atom is 0.0237 e. The van der Waals surface area contributed by atoms with Crippen molar-refractivity contribution in [2.75, 3.05) is 13.6 Å². The fraction of sp³-hybridized carbons (Fsp3) is 1.00. The Kier molecular flexibility index (Phi) is 1.27. The molecule has 1 nitrogen and oxygen atoms in total. The lowest BCUT2D eigenvalue weighted by Gasteiger charge is -2.41. The Morgan fingerprint density at radius 3 is 2.83 bits per heavy atom. The normalized spacial score (nSPS) is 58.0. The minimum Gasteiger partial charge on any atom is -0.300 e. The molecule has 0 N–H and O–H groups in total. The van der Waals surface area contributed by atoms with Crippen LogP contribution in [0, 0.1) is 17.8 Å². The van der Waals surface area contributed by atoms with Crippen LogP contribution in [0.4, 0.5) is 0 Å². The van der Waals surface area contributed by atoms with E-state index < -0.39 is 0 Å². The fourth-order valence-corrected chi connectivity index (χ4v) is 4.39. The molecule has 1 aliphatic heterocycles. The SMILES string of the molecule is CN1CCC2C3CCC(C3)C21C. The van der Waals surface area contributed by atoms with Gasteiger partial charge < -0.3 is 4.90 Å². The van der Waals surface area contributed by atoms with Crippen molar-refractivity contribution in [1.82, 2.24) is 4.90 Å². The number of likely N-dealkylation sites (tertiary alicyclic amines) is 1. The molecule has 0 aromatic carbocycles. The average molecular weight is 165 g/mol. The van der Waals surface area contributed by atoms with Gasteiger partial charge in [0.05, 0.1) is 0 Å². The number of fused-ring (bicyclic) bond motifs is 5. The second kappa shape index (κ2) is 2.06. The highest BCUT2D eigenvalue weighted by Crippen LogP contribution is 2.60. The number of nitrogens with zero attached hydrogens (tertiary/aromatic N) is 1. The van der Waals surface area contributed by atoms with Crippen LogP contribution in [0.2, 0.25) is 0 Å². The molecule has 3 aliphatic rings. The van der Waals surface area contributed by atoms with Crippen LogP contribution in [0.15, 0.2) is 0 Å². The summed E-state index contributed by atoms with van der Waals surface area (Å²) >= 11 is 0. The highest BCUT2D eigenvalue weighted by molar-refractivity contribution is 5.12. The van der Waals surface area contributed by atoms with E-state index in [1.54, 1.807) is 12.8 Å². The zero-order valence-corrected chi connectivity index (χ0v) is 8.21. The summed E-state index contributed by atoms with van der Waals surface area (Å²) in [5.41, 5.74) is 0.614. The summed E-state index contributed by atoms with van der Waals surface area (Å²) in [6.45, 7) is 3.88. The molecular formula is C11H19N. The standard InChI is InChI=1S/C11H19N/c1-11-9-4-3-8(7-9)10(11)5-6-12(11)2/h8-10H,3-7H2,1-2H3. The molecule has 2 aliphatic carbocycles. The molecule has 0 aromatic heterocycles. The number of rotatable bonds is 0. The maximum absolute atomic E-state index is 2.64. The quantitative estimate of drug-likeness (QED) is 0.531. The molecule has 0 amide bonds. The van der Waals surface area contributed by atoms with Crippen LogP contribution in [0.1, 0.15) is 32.6 Å². The molecule has 0 radical (unpaired) electrons. The number of hydrogen-bond donors (Lipinski definition) is 0. The van der Waals surface area contributed by atoms with Gasteiger partial charge in [0, 0.05) is 5.54 Å².